The topological polar surface area (TPSA) is 294 Å². The number of amides is 3. The summed E-state index contributed by atoms with van der Waals surface area (Å²) in [5.41, 5.74) is -0.242. The highest BCUT2D eigenvalue weighted by Gasteiger charge is 2.45. The summed E-state index contributed by atoms with van der Waals surface area (Å²) in [6.45, 7) is 0.755. The largest absolute Gasteiger partial charge is 0.507 e. The van der Waals surface area contributed by atoms with E-state index in [1.807, 2.05) is 0 Å². The number of halogens is 4. The van der Waals surface area contributed by atoms with Crippen LogP contribution in [0.15, 0.2) is 72.8 Å². The molecule has 5 rings (SSSR count). The van der Waals surface area contributed by atoms with Gasteiger partial charge in [-0.1, -0.05) is 53.3 Å². The molecule has 61 heavy (non-hydrogen) atoms. The van der Waals surface area contributed by atoms with Gasteiger partial charge in [0, 0.05) is 43.7 Å². The molecule has 4 aromatic rings. The second-order valence-electron chi connectivity index (χ2n) is 12.7. The van der Waals surface area contributed by atoms with Gasteiger partial charge in [0.2, 0.25) is 6.29 Å². The molecule has 0 saturated carbocycles. The number of hydrogen-bond acceptors (Lipinski definition) is 15. The lowest BCUT2D eigenvalue weighted by Crippen LogP contribution is -2.60. The van der Waals surface area contributed by atoms with Crippen LogP contribution in [0.1, 0.15) is 36.9 Å². The Morgan fingerprint density at radius 3 is 1.82 bits per heavy atom. The summed E-state index contributed by atoms with van der Waals surface area (Å²) in [4.78, 5) is 59.3. The predicted octanol–water partition coefficient (Wildman–Crippen LogP) is 6.49. The Hall–Kier alpha value is -5.55. The fraction of sp³-hybridized carbons (Fsp3) is 0.270. The number of hydrogen-bond donors (Lipinski definition) is 7. The minimum Gasteiger partial charge on any atom is -0.507 e. The molecule has 1 heterocycles. The van der Waals surface area contributed by atoms with E-state index < -0.39 is 71.8 Å². The molecule has 0 unspecified atom stereocenters. The highest BCUT2D eigenvalue weighted by atomic mass is 35.5. The van der Waals surface area contributed by atoms with Gasteiger partial charge in [-0.25, -0.2) is 4.79 Å². The van der Waals surface area contributed by atoms with E-state index in [0.29, 0.717) is 6.42 Å². The van der Waals surface area contributed by atoms with E-state index in [-0.39, 0.29) is 74.9 Å². The van der Waals surface area contributed by atoms with Crippen LogP contribution in [-0.4, -0.2) is 109 Å². The molecule has 7 N–H and O–H groups in total. The van der Waals surface area contributed by atoms with Crippen LogP contribution in [0.5, 0.6) is 11.5 Å². The first-order valence-electron chi connectivity index (χ1n) is 17.5. The number of aliphatic hydroxyl groups is 4. The average Bonchev–Trinajstić information content (AvgIpc) is 3.22. The van der Waals surface area contributed by atoms with E-state index in [1.165, 1.54) is 60.7 Å². The molecule has 0 bridgehead atoms. The number of anilines is 2. The molecule has 1 aliphatic heterocycles. The number of aliphatic hydroxyl groups excluding tert-OH is 4. The van der Waals surface area contributed by atoms with Gasteiger partial charge in [-0.05, 0) is 55.0 Å². The molecule has 24 heteroatoms. The molecule has 0 spiro atoms. The van der Waals surface area contributed by atoms with Gasteiger partial charge in [-0.15, -0.1) is 0 Å². The third kappa shape index (κ3) is 12.7. The van der Waals surface area contributed by atoms with Crippen molar-refractivity contribution in [1.29, 1.82) is 0 Å². The first-order chi connectivity index (χ1) is 28.8. The highest BCUT2D eigenvalue weighted by molar-refractivity contribution is 6.35. The number of rotatable bonds is 13. The number of nitrogens with one attached hydrogen (secondary N) is 2. The molecule has 330 valence electrons. The minimum absolute atomic E-state index is 0. The van der Waals surface area contributed by atoms with Crippen LogP contribution >= 0.6 is 46.4 Å². The Labute approximate surface area is 367 Å². The summed E-state index contributed by atoms with van der Waals surface area (Å²) < 4.78 is 16.1. The first kappa shape index (κ1) is 48.1. The molecule has 20 nitrogen and oxygen atoms in total. The first-order valence-corrected chi connectivity index (χ1v) is 19.0. The number of benzene rings is 4. The van der Waals surface area contributed by atoms with E-state index >= 15 is 0 Å². The van der Waals surface area contributed by atoms with Crippen LogP contribution in [0.3, 0.4) is 0 Å². The smallest absolute Gasteiger partial charge is 0.414 e. The maximum absolute atomic E-state index is 13.0. The lowest BCUT2D eigenvalue weighted by molar-refractivity contribution is -0.385. The fourth-order valence-electron chi connectivity index (χ4n) is 5.28. The number of phenolic OH excluding ortho intramolecular Hbond substituents is 1. The molecule has 0 radical (unpaired) electrons. The van der Waals surface area contributed by atoms with Crippen molar-refractivity contribution in [3.05, 3.63) is 124 Å². The van der Waals surface area contributed by atoms with E-state index in [4.69, 9.17) is 60.6 Å². The SMILES string of the molecule is CCCN(COc1ccc(Cl)cc1C(=O)Nc1ccc([N+](=O)[O-])cc1Cl)C(=O)O[C@@H]1O[C@H](CO)[C@@H](O)[C@H](O)[C@H]1O.O=C(Nc1ccc([N+](=O)[O-])cc1Cl)c1cc(Cl)ccc1O.[HH].[HH]. The van der Waals surface area contributed by atoms with E-state index in [0.717, 1.165) is 17.0 Å². The van der Waals surface area contributed by atoms with Crippen LogP contribution in [0.25, 0.3) is 0 Å². The van der Waals surface area contributed by atoms with Crippen molar-refractivity contribution in [3.63, 3.8) is 0 Å². The average molecular weight is 936 g/mol. The van der Waals surface area contributed by atoms with Gasteiger partial charge in [0.15, 0.2) is 6.73 Å². The van der Waals surface area contributed by atoms with Crippen LogP contribution in [0.4, 0.5) is 27.5 Å². The lowest BCUT2D eigenvalue weighted by Gasteiger charge is -2.39. The van der Waals surface area contributed by atoms with Crippen molar-refractivity contribution >= 4 is 87.1 Å². The molecule has 1 aliphatic rings. The van der Waals surface area contributed by atoms with E-state index in [1.54, 1.807) is 6.92 Å². The maximum atomic E-state index is 13.0. The zero-order valence-electron chi connectivity index (χ0n) is 31.3. The summed E-state index contributed by atoms with van der Waals surface area (Å²) in [6, 6.07) is 15.3. The standard InChI is InChI=1S/C24H27Cl2N3O11.C13H8Cl2N2O4.2H2/c1-2-7-28(24(35)40-23-21(33)20(32)19(31)18(10-30)39-23)11-38-17-6-3-12(25)8-14(17)22(34)27-16-5-4-13(29(36)37)9-15(16)26;14-7-1-4-12(18)9(5-7)13(19)16-11-3-2-8(17(20)21)6-10(11)15;;/h3-6,8-9,18-21,23,30-33H,2,7,10-11H2,1H3,(H,27,34);1-6,18H,(H,16,19);2*1H/t18-,19-,20+,21-,23+;;;/m1.../s1. The Bertz CT molecular complexity index is 2280. The molecule has 5 atom stereocenters. The number of nitrogens with zero attached hydrogens (tertiary/aromatic N) is 3. The van der Waals surface area contributed by atoms with Crippen LogP contribution < -0.4 is 15.4 Å². The van der Waals surface area contributed by atoms with Gasteiger partial charge in [-0.3, -0.25) is 34.7 Å². The number of nitro benzene ring substituents is 2. The van der Waals surface area contributed by atoms with Crippen LogP contribution in [-0.2, 0) is 9.47 Å². The third-order valence-corrected chi connectivity index (χ3v) is 9.50. The molecule has 0 aromatic heterocycles. The maximum Gasteiger partial charge on any atom is 0.414 e. The quantitative estimate of drug-likeness (QED) is 0.0428. The van der Waals surface area contributed by atoms with E-state index in [2.05, 4.69) is 10.6 Å². The molecule has 3 amide bonds. The molecule has 1 fully saturated rings. The van der Waals surface area contributed by atoms with Gasteiger partial charge in [0.25, 0.3) is 23.2 Å². The molecular formula is C37H39Cl4N5O15. The van der Waals surface area contributed by atoms with Crippen molar-refractivity contribution in [2.24, 2.45) is 0 Å². The van der Waals surface area contributed by atoms with Gasteiger partial charge < -0.3 is 50.4 Å². The highest BCUT2D eigenvalue weighted by Crippen LogP contribution is 2.31. The second-order valence-corrected chi connectivity index (χ2v) is 14.4. The second kappa shape index (κ2) is 21.8. The third-order valence-electron chi connectivity index (χ3n) is 8.41. The number of non-ortho nitro benzene ring substituents is 2. The van der Waals surface area contributed by atoms with Crippen LogP contribution in [0, 0.1) is 20.2 Å². The van der Waals surface area contributed by atoms with Gasteiger partial charge in [-0.2, -0.15) is 0 Å². The summed E-state index contributed by atoms with van der Waals surface area (Å²) in [5, 5.41) is 75.9. The summed E-state index contributed by atoms with van der Waals surface area (Å²) in [5.74, 6) is -1.57. The van der Waals surface area contributed by atoms with Gasteiger partial charge in [0.1, 0.15) is 35.9 Å². The van der Waals surface area contributed by atoms with Crippen molar-refractivity contribution < 1.29 is 66.8 Å². The van der Waals surface area contributed by atoms with Crippen molar-refractivity contribution in [2.75, 3.05) is 30.5 Å². The Kier molecular flexibility index (Phi) is 17.2. The summed E-state index contributed by atoms with van der Waals surface area (Å²) in [6.07, 6.45) is -8.66. The number of phenols is 1. The zero-order chi connectivity index (χ0) is 45.1. The van der Waals surface area contributed by atoms with Gasteiger partial charge in [0.05, 0.1) is 49.0 Å². The number of nitro groups is 2. The molecule has 1 saturated heterocycles. The summed E-state index contributed by atoms with van der Waals surface area (Å²) in [7, 11) is 0. The summed E-state index contributed by atoms with van der Waals surface area (Å²) >= 11 is 23.8. The Morgan fingerprint density at radius 1 is 0.787 bits per heavy atom. The Morgan fingerprint density at radius 2 is 1.31 bits per heavy atom. The minimum atomic E-state index is -1.79. The van der Waals surface area contributed by atoms with Crippen molar-refractivity contribution in [3.8, 4) is 11.5 Å². The predicted molar refractivity (Wildman–Crippen MR) is 224 cm³/mol. The number of carbonyl (C=O) groups excluding carboxylic acids is 3. The normalized spacial score (nSPS) is 18.1. The lowest BCUT2D eigenvalue weighted by atomic mass is 9.99. The zero-order valence-corrected chi connectivity index (χ0v) is 34.3. The number of aromatic hydroxyl groups is 1. The van der Waals surface area contributed by atoms with Crippen LogP contribution in [0.2, 0.25) is 20.1 Å². The molecule has 4 aromatic carbocycles. The van der Waals surface area contributed by atoms with Crippen molar-refractivity contribution in [1.82, 2.24) is 4.90 Å². The monoisotopic (exact) mass is 933 g/mol. The number of carbonyl (C=O) groups is 3. The molecule has 0 aliphatic carbocycles. The molecular weight excluding hydrogens is 896 g/mol. The van der Waals surface area contributed by atoms with Crippen molar-refractivity contribution in [2.45, 2.75) is 44.1 Å². The van der Waals surface area contributed by atoms with E-state index in [9.17, 15) is 60.1 Å². The Balaban J connectivity index is 0.000000501. The van der Waals surface area contributed by atoms with Gasteiger partial charge >= 0.3 is 6.09 Å². The fourth-order valence-corrected chi connectivity index (χ4v) is 6.07. The number of ether oxygens (including phenoxy) is 3.